The van der Waals surface area contributed by atoms with Gasteiger partial charge in [-0.15, -0.1) is 0 Å². The molecule has 0 radical (unpaired) electrons. The van der Waals surface area contributed by atoms with Crippen LogP contribution in [0, 0.1) is 0 Å². The molecule has 1 atom stereocenters. The molecule has 8 heteroatoms. The molecule has 0 spiro atoms. The Bertz CT molecular complexity index is 239. The summed E-state index contributed by atoms with van der Waals surface area (Å²) in [4.78, 5) is 19.6. The predicted octanol–water partition coefficient (Wildman–Crippen LogP) is 1.34. The lowest BCUT2D eigenvalue weighted by molar-refractivity contribution is -0.192. The first kappa shape index (κ1) is 18.1. The number of aliphatic carboxylic acids is 1. The molecule has 0 aliphatic rings. The number of carbonyl (C=O) groups excluding carboxylic acids is 1. The number of alkyl halides is 3. The van der Waals surface area contributed by atoms with Gasteiger partial charge in [-0.05, 0) is 13.3 Å². The average molecular weight is 260 g/mol. The van der Waals surface area contributed by atoms with Crippen LogP contribution in [0.5, 0.6) is 0 Å². The highest BCUT2D eigenvalue weighted by Crippen LogP contribution is 2.13. The summed E-state index contributed by atoms with van der Waals surface area (Å²) in [6, 6.07) is 0. The van der Waals surface area contributed by atoms with Gasteiger partial charge in [-0.1, -0.05) is 13.3 Å². The Morgan fingerprint density at radius 3 is 1.94 bits per heavy atom. The lowest BCUT2D eigenvalue weighted by Gasteiger charge is -2.06. The van der Waals surface area contributed by atoms with Gasteiger partial charge in [-0.3, -0.25) is 0 Å². The van der Waals surface area contributed by atoms with Crippen molar-refractivity contribution in [2.75, 3.05) is 6.61 Å². The second-order valence-electron chi connectivity index (χ2n) is 2.86. The molecule has 5 nitrogen and oxygen atoms in total. The van der Waals surface area contributed by atoms with Crippen molar-refractivity contribution in [3.8, 4) is 0 Å². The quantitative estimate of drug-likeness (QED) is 0.745. The predicted molar refractivity (Wildman–Crippen MR) is 51.2 cm³/mol. The molecular weight excluding hydrogens is 245 g/mol. The van der Waals surface area contributed by atoms with Crippen molar-refractivity contribution in [3.63, 3.8) is 0 Å². The maximum Gasteiger partial charge on any atom is 0.490 e. The van der Waals surface area contributed by atoms with Gasteiger partial charge in [0, 0.05) is 0 Å². The van der Waals surface area contributed by atoms with Crippen LogP contribution in [0.25, 0.3) is 0 Å². The summed E-state index contributed by atoms with van der Waals surface area (Å²) in [7, 11) is 0. The molecule has 0 aromatic heterocycles. The Balaban J connectivity index is 0. The fraction of sp³-hybridized carbons (Fsp3) is 0.778. The highest BCUT2D eigenvalue weighted by Gasteiger charge is 2.38. The van der Waals surface area contributed by atoms with E-state index in [0.717, 1.165) is 6.42 Å². The Hall–Kier alpha value is -1.31. The smallest absolute Gasteiger partial charge is 0.475 e. The Kier molecular flexibility index (Phi) is 9.35. The topological polar surface area (TPSA) is 83.8 Å². The molecule has 0 saturated carbocycles. The minimum atomic E-state index is -5.08. The van der Waals surface area contributed by atoms with Gasteiger partial charge in [-0.2, -0.15) is 13.2 Å². The molecule has 0 aromatic carbocycles. The third-order valence-electron chi connectivity index (χ3n) is 1.36. The van der Waals surface area contributed by atoms with E-state index in [1.54, 1.807) is 6.92 Å². The van der Waals surface area contributed by atoms with Crippen LogP contribution in [0.4, 0.5) is 13.2 Å². The summed E-state index contributed by atoms with van der Waals surface area (Å²) in [5.41, 5.74) is 0. The van der Waals surface area contributed by atoms with Crippen molar-refractivity contribution in [2.24, 2.45) is 0 Å². The van der Waals surface area contributed by atoms with E-state index in [-0.39, 0.29) is 0 Å². The number of ether oxygens (including phenoxy) is 1. The van der Waals surface area contributed by atoms with Crippen molar-refractivity contribution in [1.29, 1.82) is 0 Å². The molecule has 1 unspecified atom stereocenters. The highest BCUT2D eigenvalue weighted by molar-refractivity contribution is 5.74. The number of halogens is 3. The first-order chi connectivity index (χ1) is 7.66. The molecule has 0 bridgehead atoms. The fourth-order valence-electron chi connectivity index (χ4n) is 0.630. The number of esters is 1. The first-order valence-corrected chi connectivity index (χ1v) is 4.81. The van der Waals surface area contributed by atoms with E-state index in [9.17, 15) is 18.0 Å². The standard InChI is InChI=1S/C7H14O3.C2HF3O2/c1-3-5-6(8)7(9)10-4-2;3-2(4,5)1(6)7/h6,8H,3-5H2,1-2H3;(H,6,7). The molecule has 0 aliphatic heterocycles. The van der Waals surface area contributed by atoms with Gasteiger partial charge in [0.1, 0.15) is 0 Å². The van der Waals surface area contributed by atoms with Gasteiger partial charge in [0.25, 0.3) is 0 Å². The Morgan fingerprint density at radius 1 is 1.29 bits per heavy atom. The summed E-state index contributed by atoms with van der Waals surface area (Å²) in [6.45, 7) is 3.96. The molecular formula is C9H15F3O5. The maximum atomic E-state index is 10.7. The third-order valence-corrected chi connectivity index (χ3v) is 1.36. The largest absolute Gasteiger partial charge is 0.490 e. The zero-order valence-corrected chi connectivity index (χ0v) is 9.45. The van der Waals surface area contributed by atoms with E-state index in [1.807, 2.05) is 6.92 Å². The van der Waals surface area contributed by atoms with E-state index in [0.29, 0.717) is 13.0 Å². The summed E-state index contributed by atoms with van der Waals surface area (Å²) in [6.07, 6.45) is -4.73. The summed E-state index contributed by atoms with van der Waals surface area (Å²) < 4.78 is 36.3. The minimum absolute atomic E-state index is 0.333. The van der Waals surface area contributed by atoms with Gasteiger partial charge in [-0.25, -0.2) is 9.59 Å². The van der Waals surface area contributed by atoms with Gasteiger partial charge < -0.3 is 14.9 Å². The van der Waals surface area contributed by atoms with Crippen LogP contribution in [-0.2, 0) is 14.3 Å². The molecule has 0 aliphatic carbocycles. The normalized spacial score (nSPS) is 12.1. The molecule has 17 heavy (non-hydrogen) atoms. The molecule has 0 fully saturated rings. The van der Waals surface area contributed by atoms with E-state index >= 15 is 0 Å². The van der Waals surface area contributed by atoms with Crippen molar-refractivity contribution >= 4 is 11.9 Å². The molecule has 102 valence electrons. The molecule has 0 rings (SSSR count). The number of carboxylic acids is 1. The fourth-order valence-corrected chi connectivity index (χ4v) is 0.630. The number of carboxylic acid groups (broad SMARTS) is 1. The van der Waals surface area contributed by atoms with Gasteiger partial charge >= 0.3 is 18.1 Å². The highest BCUT2D eigenvalue weighted by atomic mass is 19.4. The van der Waals surface area contributed by atoms with Crippen molar-refractivity contribution in [2.45, 2.75) is 39.0 Å². The Labute approximate surface area is 96.2 Å². The molecule has 0 heterocycles. The van der Waals surface area contributed by atoms with Gasteiger partial charge in [0.2, 0.25) is 0 Å². The maximum absolute atomic E-state index is 10.7. The van der Waals surface area contributed by atoms with E-state index in [1.165, 1.54) is 0 Å². The van der Waals surface area contributed by atoms with Crippen LogP contribution in [0.1, 0.15) is 26.7 Å². The van der Waals surface area contributed by atoms with Crippen LogP contribution in [0.3, 0.4) is 0 Å². The number of rotatable bonds is 4. The Morgan fingerprint density at radius 2 is 1.71 bits per heavy atom. The molecule has 0 saturated heterocycles. The monoisotopic (exact) mass is 260 g/mol. The summed E-state index contributed by atoms with van der Waals surface area (Å²) >= 11 is 0. The van der Waals surface area contributed by atoms with Crippen molar-refractivity contribution < 1.29 is 37.7 Å². The van der Waals surface area contributed by atoms with E-state index in [2.05, 4.69) is 4.74 Å². The van der Waals surface area contributed by atoms with Gasteiger partial charge in [0.15, 0.2) is 6.10 Å². The minimum Gasteiger partial charge on any atom is -0.475 e. The van der Waals surface area contributed by atoms with Crippen LogP contribution in [0.15, 0.2) is 0 Å². The van der Waals surface area contributed by atoms with Gasteiger partial charge in [0.05, 0.1) is 6.61 Å². The van der Waals surface area contributed by atoms with Crippen LogP contribution in [0.2, 0.25) is 0 Å². The summed E-state index contributed by atoms with van der Waals surface area (Å²) in [5, 5.41) is 16.1. The molecule has 0 amide bonds. The van der Waals surface area contributed by atoms with Crippen molar-refractivity contribution in [3.05, 3.63) is 0 Å². The number of carbonyl (C=O) groups is 2. The lowest BCUT2D eigenvalue weighted by atomic mass is 10.2. The van der Waals surface area contributed by atoms with Crippen LogP contribution < -0.4 is 0 Å². The second kappa shape index (κ2) is 8.80. The summed E-state index contributed by atoms with van der Waals surface area (Å²) in [5.74, 6) is -3.27. The number of hydrogen-bond donors (Lipinski definition) is 2. The lowest BCUT2D eigenvalue weighted by Crippen LogP contribution is -2.22. The third kappa shape index (κ3) is 11.0. The van der Waals surface area contributed by atoms with Crippen LogP contribution >= 0.6 is 0 Å². The second-order valence-corrected chi connectivity index (χ2v) is 2.86. The van der Waals surface area contributed by atoms with E-state index < -0.39 is 24.2 Å². The number of aliphatic hydroxyl groups is 1. The number of aliphatic hydroxyl groups excluding tert-OH is 1. The van der Waals surface area contributed by atoms with Crippen LogP contribution in [-0.4, -0.2) is 41.0 Å². The van der Waals surface area contributed by atoms with E-state index in [4.69, 9.17) is 15.0 Å². The molecule has 0 aromatic rings. The van der Waals surface area contributed by atoms with Crippen molar-refractivity contribution in [1.82, 2.24) is 0 Å². The average Bonchev–Trinajstić information content (AvgIpc) is 2.18. The zero-order chi connectivity index (χ0) is 14.1. The SMILES string of the molecule is CCCC(O)C(=O)OCC.O=C(O)C(F)(F)F. The first-order valence-electron chi connectivity index (χ1n) is 4.81. The molecule has 2 N–H and O–H groups in total. The zero-order valence-electron chi connectivity index (χ0n) is 9.45. The number of hydrogen-bond acceptors (Lipinski definition) is 4.